The Kier molecular flexibility index (Phi) is 62.5. The molecule has 0 radical (unpaired) electrons. The van der Waals surface area contributed by atoms with Crippen molar-refractivity contribution in [2.75, 3.05) is 13.2 Å². The molecule has 0 aliphatic heterocycles. The molecular weight excluding hydrogens is 923 g/mol. The zero-order chi connectivity index (χ0) is 54.3. The van der Waals surface area contributed by atoms with Gasteiger partial charge in [-0.25, -0.2) is 0 Å². The number of nitrogens with one attached hydrogen (secondary N) is 1. The first-order chi connectivity index (χ1) is 37.0. The second-order valence-electron chi connectivity index (χ2n) is 22.8. The number of allylic oxidation sites excluding steroid dienone is 7. The summed E-state index contributed by atoms with van der Waals surface area (Å²) in [6, 6.07) is -0.632. The number of hydrogen-bond acceptors (Lipinski definition) is 5. The van der Waals surface area contributed by atoms with Crippen LogP contribution in [0.2, 0.25) is 0 Å². The Balaban J connectivity index is 3.46. The van der Waals surface area contributed by atoms with Crippen molar-refractivity contribution in [2.24, 2.45) is 0 Å². The van der Waals surface area contributed by atoms with Gasteiger partial charge in [0, 0.05) is 12.8 Å². The zero-order valence-electron chi connectivity index (χ0n) is 50.3. The first-order valence-corrected chi connectivity index (χ1v) is 33.4. The monoisotopic (exact) mass is 1050 g/mol. The smallest absolute Gasteiger partial charge is 0.305 e. The van der Waals surface area contributed by atoms with Gasteiger partial charge in [0.15, 0.2) is 0 Å². The number of esters is 1. The van der Waals surface area contributed by atoms with Crippen LogP contribution in [0.15, 0.2) is 48.6 Å². The van der Waals surface area contributed by atoms with Crippen LogP contribution in [0.4, 0.5) is 0 Å². The van der Waals surface area contributed by atoms with E-state index in [1.165, 1.54) is 276 Å². The summed E-state index contributed by atoms with van der Waals surface area (Å²) < 4.78 is 5.46. The third kappa shape index (κ3) is 60.9. The maximum Gasteiger partial charge on any atom is 0.305 e. The normalized spacial score (nSPS) is 12.9. The van der Waals surface area contributed by atoms with Crippen LogP contribution >= 0.6 is 0 Å². The Labute approximate surface area is 467 Å². The summed E-state index contributed by atoms with van der Waals surface area (Å²) in [6.45, 7) is 4.88. The number of hydrogen-bond donors (Lipinski definition) is 3. The van der Waals surface area contributed by atoms with E-state index in [4.69, 9.17) is 4.74 Å². The Hall–Kier alpha value is -2.18. The predicted molar refractivity (Wildman–Crippen MR) is 329 cm³/mol. The molecule has 0 bridgehead atoms. The van der Waals surface area contributed by atoms with Crippen molar-refractivity contribution in [2.45, 2.75) is 366 Å². The molecule has 0 rings (SSSR count). The number of aliphatic hydroxyl groups is 2. The summed E-state index contributed by atoms with van der Waals surface area (Å²) in [5.74, 6) is -0.0697. The van der Waals surface area contributed by atoms with Gasteiger partial charge in [-0.15, -0.1) is 0 Å². The molecular formula is C69H129NO5. The van der Waals surface area contributed by atoms with Crippen LogP contribution in [0, 0.1) is 0 Å². The van der Waals surface area contributed by atoms with Crippen LogP contribution in [0.25, 0.3) is 0 Å². The Morgan fingerprint density at radius 3 is 1.07 bits per heavy atom. The van der Waals surface area contributed by atoms with E-state index in [1.54, 1.807) is 6.08 Å². The average molecular weight is 1050 g/mol. The largest absolute Gasteiger partial charge is 0.466 e. The second kappa shape index (κ2) is 64.3. The fourth-order valence-corrected chi connectivity index (χ4v) is 10.2. The molecule has 0 aromatic carbocycles. The highest BCUT2D eigenvalue weighted by molar-refractivity contribution is 5.76. The SMILES string of the molecule is CCCC/C=C\CCCCCCCC(=O)OCCCCCCCCCCC/C=C\C/C=C\CCCCCCCCCCCCCC(=O)NC(CO)C(O)/C=C/CCCCCCCCCCCCCCCCCCCC. The lowest BCUT2D eigenvalue weighted by Gasteiger charge is -2.20. The lowest BCUT2D eigenvalue weighted by molar-refractivity contribution is -0.143. The van der Waals surface area contributed by atoms with Crippen LogP contribution < -0.4 is 5.32 Å². The molecule has 75 heavy (non-hydrogen) atoms. The molecule has 1 amide bonds. The molecule has 440 valence electrons. The Morgan fingerprint density at radius 1 is 0.373 bits per heavy atom. The van der Waals surface area contributed by atoms with E-state index < -0.39 is 12.1 Å². The van der Waals surface area contributed by atoms with E-state index in [-0.39, 0.29) is 18.5 Å². The lowest BCUT2D eigenvalue weighted by Crippen LogP contribution is -2.45. The first kappa shape index (κ1) is 72.8. The fourth-order valence-electron chi connectivity index (χ4n) is 10.2. The minimum atomic E-state index is -0.848. The van der Waals surface area contributed by atoms with E-state index in [2.05, 4.69) is 55.6 Å². The predicted octanol–water partition coefficient (Wildman–Crippen LogP) is 21.3. The summed E-state index contributed by atoms with van der Waals surface area (Å²) in [6.07, 6.45) is 83.1. The van der Waals surface area contributed by atoms with E-state index in [9.17, 15) is 19.8 Å². The topological polar surface area (TPSA) is 95.9 Å². The van der Waals surface area contributed by atoms with Gasteiger partial charge in [-0.05, 0) is 83.5 Å². The molecule has 6 nitrogen and oxygen atoms in total. The van der Waals surface area contributed by atoms with Crippen molar-refractivity contribution in [3.63, 3.8) is 0 Å². The standard InChI is InChI=1S/C69H129NO5/c1-3-5-7-9-11-13-15-16-17-18-19-29-32-35-38-42-45-49-53-57-61-67(72)66(65-71)70-68(73)62-58-54-50-46-43-39-36-33-30-27-25-23-21-20-22-24-26-28-31-34-37-40-44-48-52-56-60-64-75-69(74)63-59-55-51-47-41-14-12-10-8-6-4-2/h10,12,20-21,24,26,57,61,66-67,71-72H,3-9,11,13-19,22-23,25,27-56,58-60,62-65H2,1-2H3,(H,70,73)/b12-10-,21-20-,26-24-,61-57+. The Morgan fingerprint density at radius 2 is 0.680 bits per heavy atom. The molecule has 0 spiro atoms. The highest BCUT2D eigenvalue weighted by atomic mass is 16.5. The van der Waals surface area contributed by atoms with Crippen LogP contribution in [-0.2, 0) is 14.3 Å². The van der Waals surface area contributed by atoms with Crippen LogP contribution in [0.1, 0.15) is 354 Å². The summed E-state index contributed by atoms with van der Waals surface area (Å²) >= 11 is 0. The van der Waals surface area contributed by atoms with Crippen molar-refractivity contribution < 1.29 is 24.5 Å². The van der Waals surface area contributed by atoms with Gasteiger partial charge in [-0.1, -0.05) is 306 Å². The molecule has 0 saturated carbocycles. The second-order valence-corrected chi connectivity index (χ2v) is 22.8. The van der Waals surface area contributed by atoms with Crippen molar-refractivity contribution in [3.05, 3.63) is 48.6 Å². The highest BCUT2D eigenvalue weighted by Gasteiger charge is 2.18. The van der Waals surface area contributed by atoms with E-state index >= 15 is 0 Å². The quantitative estimate of drug-likeness (QED) is 0.0320. The molecule has 0 aromatic heterocycles. The number of carbonyl (C=O) groups excluding carboxylic acids is 2. The molecule has 0 heterocycles. The molecule has 2 atom stereocenters. The average Bonchev–Trinajstić information content (AvgIpc) is 3.41. The molecule has 0 aromatic rings. The highest BCUT2D eigenvalue weighted by Crippen LogP contribution is 2.17. The van der Waals surface area contributed by atoms with Gasteiger partial charge in [0.25, 0.3) is 0 Å². The molecule has 0 saturated heterocycles. The molecule has 3 N–H and O–H groups in total. The number of ether oxygens (including phenoxy) is 1. The fraction of sp³-hybridized carbons (Fsp3) is 0.855. The molecule has 2 unspecified atom stereocenters. The van der Waals surface area contributed by atoms with Gasteiger partial charge < -0.3 is 20.3 Å². The Bertz CT molecular complexity index is 1260. The minimum absolute atomic E-state index is 0.00100. The van der Waals surface area contributed by atoms with Gasteiger partial charge >= 0.3 is 5.97 Å². The first-order valence-electron chi connectivity index (χ1n) is 33.4. The van der Waals surface area contributed by atoms with Gasteiger partial charge in [-0.3, -0.25) is 9.59 Å². The summed E-state index contributed by atoms with van der Waals surface area (Å²) in [4.78, 5) is 24.5. The third-order valence-corrected chi connectivity index (χ3v) is 15.3. The van der Waals surface area contributed by atoms with Gasteiger partial charge in [0.2, 0.25) is 5.91 Å². The van der Waals surface area contributed by atoms with Crippen LogP contribution in [0.5, 0.6) is 0 Å². The molecule has 0 aliphatic rings. The van der Waals surface area contributed by atoms with Crippen molar-refractivity contribution in [1.29, 1.82) is 0 Å². The maximum absolute atomic E-state index is 12.5. The summed E-state index contributed by atoms with van der Waals surface area (Å²) in [5, 5.41) is 23.2. The van der Waals surface area contributed by atoms with Gasteiger partial charge in [-0.2, -0.15) is 0 Å². The molecule has 6 heteroatoms. The summed E-state index contributed by atoms with van der Waals surface area (Å²) in [7, 11) is 0. The maximum atomic E-state index is 12.5. The van der Waals surface area contributed by atoms with Crippen molar-refractivity contribution >= 4 is 11.9 Å². The number of amides is 1. The number of unbranched alkanes of at least 4 members (excludes halogenated alkanes) is 45. The number of aliphatic hydroxyl groups excluding tert-OH is 2. The lowest BCUT2D eigenvalue weighted by atomic mass is 10.0. The van der Waals surface area contributed by atoms with Crippen molar-refractivity contribution in [1.82, 2.24) is 5.32 Å². The van der Waals surface area contributed by atoms with Crippen LogP contribution in [-0.4, -0.2) is 47.4 Å². The van der Waals surface area contributed by atoms with Crippen molar-refractivity contribution in [3.8, 4) is 0 Å². The number of carbonyl (C=O) groups is 2. The molecule has 0 fully saturated rings. The van der Waals surface area contributed by atoms with E-state index in [0.717, 1.165) is 51.4 Å². The van der Waals surface area contributed by atoms with E-state index in [0.29, 0.717) is 19.4 Å². The van der Waals surface area contributed by atoms with Gasteiger partial charge in [0.05, 0.1) is 25.4 Å². The van der Waals surface area contributed by atoms with E-state index in [1.807, 2.05) is 6.08 Å². The minimum Gasteiger partial charge on any atom is -0.466 e. The number of rotatable bonds is 62. The third-order valence-electron chi connectivity index (χ3n) is 15.3. The van der Waals surface area contributed by atoms with Gasteiger partial charge in [0.1, 0.15) is 0 Å². The summed E-state index contributed by atoms with van der Waals surface area (Å²) in [5.41, 5.74) is 0. The zero-order valence-corrected chi connectivity index (χ0v) is 50.3. The molecule has 0 aliphatic carbocycles. The van der Waals surface area contributed by atoms with Crippen LogP contribution in [0.3, 0.4) is 0 Å².